The van der Waals surface area contributed by atoms with Gasteiger partial charge in [0.1, 0.15) is 11.6 Å². The van der Waals surface area contributed by atoms with Crippen LogP contribution in [0.1, 0.15) is 31.6 Å². The molecule has 162 valence electrons. The number of hydrogen-bond acceptors (Lipinski definition) is 6. The van der Waals surface area contributed by atoms with Crippen molar-refractivity contribution in [3.05, 3.63) is 60.2 Å². The van der Waals surface area contributed by atoms with Gasteiger partial charge in [-0.3, -0.25) is 9.69 Å². The van der Waals surface area contributed by atoms with Crippen LogP contribution in [0.15, 0.2) is 53.1 Å². The Morgan fingerprint density at radius 2 is 2.10 bits per heavy atom. The first-order valence-corrected chi connectivity index (χ1v) is 10.3. The Balaban J connectivity index is 1.40. The van der Waals surface area contributed by atoms with Crippen LogP contribution in [-0.2, 0) is 4.79 Å². The molecule has 1 N–H and O–H groups in total. The van der Waals surface area contributed by atoms with E-state index < -0.39 is 0 Å². The van der Waals surface area contributed by atoms with Crippen molar-refractivity contribution in [1.82, 2.24) is 15.0 Å². The number of nitrogens with one attached hydrogen (secondary N) is 1. The first-order chi connectivity index (χ1) is 15.0. The zero-order chi connectivity index (χ0) is 21.8. The molecule has 7 nitrogen and oxygen atoms in total. The molecular formula is C23H25FN4O3. The van der Waals surface area contributed by atoms with E-state index in [1.54, 1.807) is 19.2 Å². The largest absolute Gasteiger partial charge is 0.497 e. The smallest absolute Gasteiger partial charge is 0.241 e. The van der Waals surface area contributed by atoms with Crippen molar-refractivity contribution >= 4 is 11.6 Å². The van der Waals surface area contributed by atoms with Crippen molar-refractivity contribution in [2.45, 2.75) is 31.7 Å². The zero-order valence-corrected chi connectivity index (χ0v) is 17.5. The van der Waals surface area contributed by atoms with Gasteiger partial charge in [0.15, 0.2) is 0 Å². The molecule has 8 heteroatoms. The SMILES string of the molecule is COc1ccc(NC(=O)C(C)N2CCCC(c3nc(-c4cccc(F)c4)no3)C2)cc1. The highest BCUT2D eigenvalue weighted by Gasteiger charge is 2.31. The number of anilines is 1. The highest BCUT2D eigenvalue weighted by Crippen LogP contribution is 2.29. The average molecular weight is 424 g/mol. The molecule has 0 spiro atoms. The summed E-state index contributed by atoms with van der Waals surface area (Å²) in [5.41, 5.74) is 1.30. The maximum atomic E-state index is 13.5. The van der Waals surface area contributed by atoms with E-state index in [0.717, 1.165) is 30.8 Å². The summed E-state index contributed by atoms with van der Waals surface area (Å²) < 4.78 is 24.1. The summed E-state index contributed by atoms with van der Waals surface area (Å²) in [5.74, 6) is 1.24. The first kappa shape index (κ1) is 21.0. The van der Waals surface area contributed by atoms with E-state index in [2.05, 4.69) is 20.4 Å². The summed E-state index contributed by atoms with van der Waals surface area (Å²) in [6.45, 7) is 3.35. The number of aromatic nitrogens is 2. The fraction of sp³-hybridized carbons (Fsp3) is 0.348. The molecule has 0 bridgehead atoms. The number of likely N-dealkylation sites (tertiary alicyclic amines) is 1. The van der Waals surface area contributed by atoms with Crippen LogP contribution >= 0.6 is 0 Å². The molecule has 1 aromatic heterocycles. The molecule has 0 radical (unpaired) electrons. The third kappa shape index (κ3) is 4.91. The van der Waals surface area contributed by atoms with Crippen molar-refractivity contribution in [2.24, 2.45) is 0 Å². The molecular weight excluding hydrogens is 399 g/mol. The molecule has 2 unspecified atom stereocenters. The molecule has 4 rings (SSSR count). The van der Waals surface area contributed by atoms with Gasteiger partial charge < -0.3 is 14.6 Å². The van der Waals surface area contributed by atoms with E-state index in [0.29, 0.717) is 23.8 Å². The topological polar surface area (TPSA) is 80.5 Å². The van der Waals surface area contributed by atoms with Crippen molar-refractivity contribution in [3.63, 3.8) is 0 Å². The number of rotatable bonds is 6. The minimum atomic E-state index is -0.343. The van der Waals surface area contributed by atoms with Crippen molar-refractivity contribution in [2.75, 3.05) is 25.5 Å². The average Bonchev–Trinajstić information content (AvgIpc) is 3.30. The fourth-order valence-corrected chi connectivity index (χ4v) is 3.79. The number of carbonyl (C=O) groups is 1. The normalized spacial score (nSPS) is 17.8. The van der Waals surface area contributed by atoms with E-state index >= 15 is 0 Å². The number of hydrogen-bond donors (Lipinski definition) is 1. The van der Waals surface area contributed by atoms with E-state index in [-0.39, 0.29) is 23.7 Å². The quantitative estimate of drug-likeness (QED) is 0.642. The Kier molecular flexibility index (Phi) is 6.27. The zero-order valence-electron chi connectivity index (χ0n) is 17.5. The van der Waals surface area contributed by atoms with Crippen LogP contribution in [-0.4, -0.2) is 47.2 Å². The summed E-state index contributed by atoms with van der Waals surface area (Å²) in [7, 11) is 1.60. The van der Waals surface area contributed by atoms with E-state index in [1.807, 2.05) is 31.2 Å². The van der Waals surface area contributed by atoms with Crippen LogP contribution in [0.4, 0.5) is 10.1 Å². The minimum absolute atomic E-state index is 0.0276. The number of methoxy groups -OCH3 is 1. The molecule has 2 aromatic carbocycles. The number of nitrogens with zero attached hydrogens (tertiary/aromatic N) is 3. The highest BCUT2D eigenvalue weighted by molar-refractivity contribution is 5.94. The van der Waals surface area contributed by atoms with Gasteiger partial charge in [0.25, 0.3) is 0 Å². The fourth-order valence-electron chi connectivity index (χ4n) is 3.79. The third-order valence-corrected chi connectivity index (χ3v) is 5.61. The van der Waals surface area contributed by atoms with Crippen molar-refractivity contribution in [3.8, 4) is 17.1 Å². The van der Waals surface area contributed by atoms with Crippen LogP contribution in [0.2, 0.25) is 0 Å². The van der Waals surface area contributed by atoms with Gasteiger partial charge in [-0.1, -0.05) is 17.3 Å². The lowest BCUT2D eigenvalue weighted by atomic mass is 9.96. The Bertz CT molecular complexity index is 1040. The molecule has 2 atom stereocenters. The van der Waals surface area contributed by atoms with Gasteiger partial charge in [0.2, 0.25) is 17.6 Å². The standard InChI is InChI=1S/C23H25FN4O3/c1-15(22(29)25-19-8-10-20(30-2)11-9-19)28-12-4-6-17(14-28)23-26-21(27-31-23)16-5-3-7-18(24)13-16/h3,5,7-11,13,15,17H,4,6,12,14H2,1-2H3,(H,25,29). The van der Waals surface area contributed by atoms with Gasteiger partial charge in [-0.15, -0.1) is 0 Å². The Hall–Kier alpha value is -3.26. The van der Waals surface area contributed by atoms with Crippen LogP contribution in [0.25, 0.3) is 11.4 Å². The molecule has 0 aliphatic carbocycles. The van der Waals surface area contributed by atoms with E-state index in [9.17, 15) is 9.18 Å². The Morgan fingerprint density at radius 3 is 2.84 bits per heavy atom. The number of amides is 1. The molecule has 1 fully saturated rings. The molecule has 1 saturated heterocycles. The highest BCUT2D eigenvalue weighted by atomic mass is 19.1. The lowest BCUT2D eigenvalue weighted by Gasteiger charge is -2.34. The predicted molar refractivity (Wildman–Crippen MR) is 114 cm³/mol. The molecule has 1 amide bonds. The third-order valence-electron chi connectivity index (χ3n) is 5.61. The van der Waals surface area contributed by atoms with Crippen LogP contribution in [0, 0.1) is 5.82 Å². The van der Waals surface area contributed by atoms with Crippen LogP contribution in [0.5, 0.6) is 5.75 Å². The molecule has 31 heavy (non-hydrogen) atoms. The first-order valence-electron chi connectivity index (χ1n) is 10.3. The number of piperidine rings is 1. The Morgan fingerprint density at radius 1 is 1.29 bits per heavy atom. The minimum Gasteiger partial charge on any atom is -0.497 e. The summed E-state index contributed by atoms with van der Waals surface area (Å²) in [6, 6.07) is 13.1. The maximum absolute atomic E-state index is 13.5. The lowest BCUT2D eigenvalue weighted by molar-refractivity contribution is -0.121. The lowest BCUT2D eigenvalue weighted by Crippen LogP contribution is -2.46. The molecule has 3 aromatic rings. The summed E-state index contributed by atoms with van der Waals surface area (Å²) in [4.78, 5) is 19.4. The molecule has 0 saturated carbocycles. The van der Waals surface area contributed by atoms with Gasteiger partial charge in [-0.25, -0.2) is 4.39 Å². The summed E-state index contributed by atoms with van der Waals surface area (Å²) in [5, 5.41) is 6.97. The second kappa shape index (κ2) is 9.26. The second-order valence-corrected chi connectivity index (χ2v) is 7.69. The van der Waals surface area contributed by atoms with E-state index in [1.165, 1.54) is 12.1 Å². The van der Waals surface area contributed by atoms with Crippen molar-refractivity contribution in [1.29, 1.82) is 0 Å². The van der Waals surface area contributed by atoms with Gasteiger partial charge >= 0.3 is 0 Å². The number of benzene rings is 2. The number of ether oxygens (including phenoxy) is 1. The molecule has 2 heterocycles. The summed E-state index contributed by atoms with van der Waals surface area (Å²) in [6.07, 6.45) is 1.82. The number of halogens is 1. The van der Waals surface area contributed by atoms with Gasteiger partial charge in [0, 0.05) is 17.8 Å². The molecule has 1 aliphatic rings. The second-order valence-electron chi connectivity index (χ2n) is 7.69. The molecule has 1 aliphatic heterocycles. The van der Waals surface area contributed by atoms with Crippen LogP contribution in [0.3, 0.4) is 0 Å². The summed E-state index contributed by atoms with van der Waals surface area (Å²) >= 11 is 0. The van der Waals surface area contributed by atoms with Crippen LogP contribution < -0.4 is 10.1 Å². The van der Waals surface area contributed by atoms with Gasteiger partial charge in [-0.05, 0) is 62.7 Å². The monoisotopic (exact) mass is 424 g/mol. The maximum Gasteiger partial charge on any atom is 0.241 e. The Labute approximate surface area is 180 Å². The van der Waals surface area contributed by atoms with E-state index in [4.69, 9.17) is 9.26 Å². The van der Waals surface area contributed by atoms with Gasteiger partial charge in [-0.2, -0.15) is 4.98 Å². The predicted octanol–water partition coefficient (Wildman–Crippen LogP) is 4.09. The number of carbonyl (C=O) groups excluding carboxylic acids is 1. The van der Waals surface area contributed by atoms with Crippen molar-refractivity contribution < 1.29 is 18.4 Å². The van der Waals surface area contributed by atoms with Gasteiger partial charge in [0.05, 0.1) is 19.1 Å².